The fourth-order valence-electron chi connectivity index (χ4n) is 5.17. The second-order valence-corrected chi connectivity index (χ2v) is 11.5. The number of rotatable bonds is 5. The molecule has 0 aromatic heterocycles. The van der Waals surface area contributed by atoms with E-state index in [4.69, 9.17) is 24.4 Å². The van der Waals surface area contributed by atoms with Crippen LogP contribution in [0.25, 0.3) is 0 Å². The van der Waals surface area contributed by atoms with Crippen LogP contribution in [0.1, 0.15) is 47.8 Å². The number of halogens is 4. The summed E-state index contributed by atoms with van der Waals surface area (Å²) in [5.74, 6) is -8.62. The molecule has 1 saturated heterocycles. The number of hydrogen-bond acceptors (Lipinski definition) is 7. The number of methoxy groups -OCH3 is 1. The SMILES string of the molecule is COc1c(N2CCOCC2)cc(C(=O)CN2Cc3cc4c(cc3C2=N)OCC(F)(F)C(F)(F)CO4)cc1C(C)(C)C. The molecule has 0 bridgehead atoms. The van der Waals surface area contributed by atoms with Crippen molar-refractivity contribution in [3.8, 4) is 17.2 Å². The van der Waals surface area contributed by atoms with Gasteiger partial charge in [0.2, 0.25) is 0 Å². The monoisotopic (exact) mass is 579 g/mol. The third-order valence-corrected chi connectivity index (χ3v) is 7.54. The number of fused-ring (bicyclic) bond motifs is 2. The van der Waals surface area contributed by atoms with Gasteiger partial charge in [-0.3, -0.25) is 10.2 Å². The van der Waals surface area contributed by atoms with E-state index in [9.17, 15) is 22.4 Å². The number of ether oxygens (including phenoxy) is 4. The van der Waals surface area contributed by atoms with Gasteiger partial charge in [0.15, 0.2) is 30.5 Å². The Labute approximate surface area is 235 Å². The van der Waals surface area contributed by atoms with Crippen LogP contribution < -0.4 is 19.1 Å². The first-order valence-corrected chi connectivity index (χ1v) is 13.3. The molecule has 0 unspecified atom stereocenters. The average molecular weight is 580 g/mol. The molecule has 0 radical (unpaired) electrons. The Morgan fingerprint density at radius 2 is 1.61 bits per heavy atom. The van der Waals surface area contributed by atoms with E-state index in [1.165, 1.54) is 12.1 Å². The largest absolute Gasteiger partial charge is 0.494 e. The van der Waals surface area contributed by atoms with Crippen molar-refractivity contribution in [3.63, 3.8) is 0 Å². The van der Waals surface area contributed by atoms with Crippen molar-refractivity contribution in [1.29, 1.82) is 5.41 Å². The summed E-state index contributed by atoms with van der Waals surface area (Å²) in [6.45, 7) is 5.51. The molecular formula is C29H33F4N3O5. The van der Waals surface area contributed by atoms with E-state index in [2.05, 4.69) is 4.90 Å². The summed E-state index contributed by atoms with van der Waals surface area (Å²) in [4.78, 5) is 17.3. The van der Waals surface area contributed by atoms with E-state index in [1.54, 1.807) is 12.0 Å². The fourth-order valence-corrected chi connectivity index (χ4v) is 5.17. The Bertz CT molecular complexity index is 1370. The lowest BCUT2D eigenvalue weighted by Crippen LogP contribution is -2.50. The molecule has 1 N–H and O–H groups in total. The van der Waals surface area contributed by atoms with E-state index < -0.39 is 25.1 Å². The molecule has 5 rings (SSSR count). The Kier molecular flexibility index (Phi) is 7.33. The smallest absolute Gasteiger partial charge is 0.346 e. The van der Waals surface area contributed by atoms with E-state index in [1.807, 2.05) is 32.9 Å². The Morgan fingerprint density at radius 3 is 2.20 bits per heavy atom. The van der Waals surface area contributed by atoms with Gasteiger partial charge in [-0.05, 0) is 35.2 Å². The number of Topliss-reactive ketones (excluding diaryl/α,β-unsaturated/α-hetero) is 1. The van der Waals surface area contributed by atoms with Crippen LogP contribution in [0.2, 0.25) is 0 Å². The third kappa shape index (κ3) is 5.41. The lowest BCUT2D eigenvalue weighted by molar-refractivity contribution is -0.236. The van der Waals surface area contributed by atoms with E-state index in [0.29, 0.717) is 48.7 Å². The zero-order valence-electron chi connectivity index (χ0n) is 23.4. The first-order valence-electron chi connectivity index (χ1n) is 13.3. The summed E-state index contributed by atoms with van der Waals surface area (Å²) < 4.78 is 76.8. The average Bonchev–Trinajstić information content (AvgIpc) is 3.22. The second-order valence-electron chi connectivity index (χ2n) is 11.5. The third-order valence-electron chi connectivity index (χ3n) is 7.54. The van der Waals surface area contributed by atoms with Crippen LogP contribution in [0.3, 0.4) is 0 Å². The Balaban J connectivity index is 1.41. The molecule has 0 amide bonds. The molecule has 0 saturated carbocycles. The molecule has 1 fully saturated rings. The fraction of sp³-hybridized carbons (Fsp3) is 0.517. The maximum atomic E-state index is 13.9. The van der Waals surface area contributed by atoms with Gasteiger partial charge in [0.25, 0.3) is 0 Å². The quantitative estimate of drug-likeness (QED) is 0.399. The first-order chi connectivity index (χ1) is 19.2. The molecule has 2 aromatic rings. The molecule has 41 heavy (non-hydrogen) atoms. The highest BCUT2D eigenvalue weighted by Crippen LogP contribution is 2.43. The number of morpholine rings is 1. The molecule has 0 aliphatic carbocycles. The number of benzene rings is 2. The standard InChI is InChI=1S/C29H33F4N3O5/c1-27(2,3)20-9-17(10-21(25(20)38-4)35-5-7-39-8-6-35)22(37)14-36-13-18-11-23-24(12-19(18)26(36)34)41-16-29(32,33)28(30,31)15-40-23/h9-12,34H,5-8,13-16H2,1-4H3. The molecule has 0 spiro atoms. The van der Waals surface area contributed by atoms with Crippen LogP contribution in [-0.4, -0.2) is 81.5 Å². The molecule has 3 aliphatic heterocycles. The van der Waals surface area contributed by atoms with Crippen LogP contribution in [0.5, 0.6) is 17.2 Å². The number of amidine groups is 1. The van der Waals surface area contributed by atoms with Gasteiger partial charge in [-0.1, -0.05) is 20.8 Å². The van der Waals surface area contributed by atoms with Gasteiger partial charge < -0.3 is 28.7 Å². The highest BCUT2D eigenvalue weighted by Gasteiger charge is 2.58. The predicted octanol–water partition coefficient (Wildman–Crippen LogP) is 4.89. The summed E-state index contributed by atoms with van der Waals surface area (Å²) in [6.07, 6.45) is 0. The van der Waals surface area contributed by atoms with Gasteiger partial charge in [0.05, 0.1) is 32.6 Å². The van der Waals surface area contributed by atoms with Crippen LogP contribution in [0, 0.1) is 5.41 Å². The van der Waals surface area contributed by atoms with E-state index in [0.717, 1.165) is 11.3 Å². The highest BCUT2D eigenvalue weighted by atomic mass is 19.3. The number of carbonyl (C=O) groups is 1. The van der Waals surface area contributed by atoms with Gasteiger partial charge in [-0.15, -0.1) is 0 Å². The molecule has 8 nitrogen and oxygen atoms in total. The van der Waals surface area contributed by atoms with Gasteiger partial charge in [-0.2, -0.15) is 17.6 Å². The van der Waals surface area contributed by atoms with Crippen LogP contribution in [0.15, 0.2) is 24.3 Å². The number of anilines is 1. The van der Waals surface area contributed by atoms with Gasteiger partial charge in [0.1, 0.15) is 11.6 Å². The lowest BCUT2D eigenvalue weighted by atomic mass is 9.84. The minimum atomic E-state index is -4.42. The normalized spacial score (nSPS) is 19.9. The van der Waals surface area contributed by atoms with Crippen molar-refractivity contribution in [3.05, 3.63) is 46.5 Å². The summed E-state index contributed by atoms with van der Waals surface area (Å²) in [5, 5.41) is 8.68. The molecule has 0 atom stereocenters. The zero-order chi connectivity index (χ0) is 29.7. The molecular weight excluding hydrogens is 546 g/mol. The van der Waals surface area contributed by atoms with Crippen molar-refractivity contribution >= 4 is 17.3 Å². The van der Waals surface area contributed by atoms with Crippen molar-refractivity contribution in [2.45, 2.75) is 44.6 Å². The van der Waals surface area contributed by atoms with Crippen LogP contribution in [0.4, 0.5) is 23.2 Å². The molecule has 3 aliphatic rings. The molecule has 3 heterocycles. The van der Waals surface area contributed by atoms with E-state index >= 15 is 0 Å². The van der Waals surface area contributed by atoms with Crippen LogP contribution >= 0.6 is 0 Å². The summed E-state index contributed by atoms with van der Waals surface area (Å²) in [5.41, 5.74) is 2.70. The predicted molar refractivity (Wildman–Crippen MR) is 144 cm³/mol. The van der Waals surface area contributed by atoms with Crippen LogP contribution in [-0.2, 0) is 16.7 Å². The number of nitrogens with one attached hydrogen (secondary N) is 1. The molecule has 2 aromatic carbocycles. The molecule has 222 valence electrons. The van der Waals surface area contributed by atoms with Crippen molar-refractivity contribution in [2.75, 3.05) is 58.1 Å². The van der Waals surface area contributed by atoms with Crippen molar-refractivity contribution < 1.29 is 41.3 Å². The number of nitrogens with zero attached hydrogens (tertiary/aromatic N) is 2. The van der Waals surface area contributed by atoms with Gasteiger partial charge in [-0.25, -0.2) is 0 Å². The maximum absolute atomic E-state index is 13.9. The number of hydrogen-bond donors (Lipinski definition) is 1. The number of carbonyl (C=O) groups excluding carboxylic acids is 1. The maximum Gasteiger partial charge on any atom is 0.346 e. The number of ketones is 1. The first kappa shape index (κ1) is 29.0. The van der Waals surface area contributed by atoms with Gasteiger partial charge >= 0.3 is 11.8 Å². The van der Waals surface area contributed by atoms with Gasteiger partial charge in [0, 0.05) is 36.3 Å². The second kappa shape index (κ2) is 10.4. The Hall–Kier alpha value is -3.54. The summed E-state index contributed by atoms with van der Waals surface area (Å²) >= 11 is 0. The minimum absolute atomic E-state index is 0.00291. The van der Waals surface area contributed by atoms with E-state index in [-0.39, 0.29) is 41.6 Å². The number of alkyl halides is 4. The summed E-state index contributed by atoms with van der Waals surface area (Å²) in [6, 6.07) is 6.37. The van der Waals surface area contributed by atoms with Crippen molar-refractivity contribution in [1.82, 2.24) is 4.90 Å². The van der Waals surface area contributed by atoms with Crippen molar-refractivity contribution in [2.24, 2.45) is 0 Å². The highest BCUT2D eigenvalue weighted by molar-refractivity contribution is 6.06. The zero-order valence-corrected chi connectivity index (χ0v) is 23.4. The molecule has 12 heteroatoms. The summed E-state index contributed by atoms with van der Waals surface area (Å²) in [7, 11) is 1.61. The topological polar surface area (TPSA) is 84.3 Å². The lowest BCUT2D eigenvalue weighted by Gasteiger charge is -2.33. The Morgan fingerprint density at radius 1 is 1.00 bits per heavy atom. The minimum Gasteiger partial charge on any atom is -0.494 e.